The van der Waals surface area contributed by atoms with Crippen LogP contribution in [0, 0.1) is 5.82 Å². The molecule has 4 nitrogen and oxygen atoms in total. The Labute approximate surface area is 147 Å². The molecule has 0 saturated carbocycles. The molecule has 0 aliphatic heterocycles. The van der Waals surface area contributed by atoms with Crippen LogP contribution in [-0.2, 0) is 9.84 Å². The van der Waals surface area contributed by atoms with Crippen molar-refractivity contribution in [2.24, 2.45) is 0 Å². The van der Waals surface area contributed by atoms with Crippen molar-refractivity contribution in [1.82, 2.24) is 5.32 Å². The van der Waals surface area contributed by atoms with Crippen molar-refractivity contribution in [2.45, 2.75) is 24.3 Å². The minimum Gasteiger partial charge on any atom is -0.356 e. The van der Waals surface area contributed by atoms with Gasteiger partial charge in [0.1, 0.15) is 5.82 Å². The first-order valence-electron chi connectivity index (χ1n) is 7.42. The second kappa shape index (κ2) is 7.72. The van der Waals surface area contributed by atoms with Crippen molar-refractivity contribution in [3.63, 3.8) is 0 Å². The summed E-state index contributed by atoms with van der Waals surface area (Å²) >= 11 is 5.27. The number of nitrogens with one attached hydrogen (secondary N) is 2. The molecule has 1 atom stereocenters. The van der Waals surface area contributed by atoms with Gasteiger partial charge in [-0.3, -0.25) is 0 Å². The molecule has 0 spiro atoms. The molecule has 2 aromatic carbocycles. The number of hydrogen-bond acceptors (Lipinski definition) is 3. The van der Waals surface area contributed by atoms with Gasteiger partial charge in [-0.1, -0.05) is 25.1 Å². The van der Waals surface area contributed by atoms with Gasteiger partial charge in [-0.15, -0.1) is 0 Å². The zero-order valence-electron chi connectivity index (χ0n) is 13.4. The number of hydrogen-bond donors (Lipinski definition) is 2. The molecule has 0 heterocycles. The molecule has 0 bridgehead atoms. The monoisotopic (exact) mass is 366 g/mol. The normalized spacial score (nSPS) is 12.5. The second-order valence-corrected chi connectivity index (χ2v) is 7.83. The van der Waals surface area contributed by atoms with Gasteiger partial charge in [0, 0.05) is 11.9 Å². The van der Waals surface area contributed by atoms with E-state index in [1.165, 1.54) is 18.4 Å². The maximum absolute atomic E-state index is 13.2. The Morgan fingerprint density at radius 3 is 2.42 bits per heavy atom. The molecular weight excluding hydrogens is 347 g/mol. The van der Waals surface area contributed by atoms with Crippen LogP contribution in [0.25, 0.3) is 0 Å². The fraction of sp³-hybridized carbons (Fsp3) is 0.235. The lowest BCUT2D eigenvalue weighted by Gasteiger charge is -2.20. The van der Waals surface area contributed by atoms with E-state index >= 15 is 0 Å². The summed E-state index contributed by atoms with van der Waals surface area (Å²) in [5.74, 6) is -0.341. The lowest BCUT2D eigenvalue weighted by Crippen LogP contribution is -2.32. The van der Waals surface area contributed by atoms with Crippen LogP contribution in [0.15, 0.2) is 53.4 Å². The van der Waals surface area contributed by atoms with Crippen LogP contribution in [-0.4, -0.2) is 19.8 Å². The number of benzene rings is 2. The molecule has 0 saturated heterocycles. The summed E-state index contributed by atoms with van der Waals surface area (Å²) in [6.45, 7) is 1.99. The van der Waals surface area contributed by atoms with E-state index in [0.29, 0.717) is 10.8 Å². The average Bonchev–Trinajstić information content (AvgIpc) is 2.52. The summed E-state index contributed by atoms with van der Waals surface area (Å²) in [6.07, 6.45) is 1.93. The fourth-order valence-electron chi connectivity index (χ4n) is 2.26. The highest BCUT2D eigenvalue weighted by Gasteiger charge is 2.13. The van der Waals surface area contributed by atoms with Gasteiger partial charge in [0.2, 0.25) is 0 Å². The molecular formula is C17H19FN2O2S2. The van der Waals surface area contributed by atoms with Gasteiger partial charge in [-0.2, -0.15) is 0 Å². The Morgan fingerprint density at radius 2 is 1.88 bits per heavy atom. The van der Waals surface area contributed by atoms with Crippen molar-refractivity contribution in [3.8, 4) is 0 Å². The molecule has 2 N–H and O–H groups in total. The third-order valence-electron chi connectivity index (χ3n) is 3.51. The lowest BCUT2D eigenvalue weighted by atomic mass is 10.1. The summed E-state index contributed by atoms with van der Waals surface area (Å²) in [7, 11) is -3.21. The van der Waals surface area contributed by atoms with Crippen molar-refractivity contribution in [2.75, 3.05) is 11.6 Å². The molecule has 1 unspecified atom stereocenters. The Balaban J connectivity index is 2.07. The Hall–Kier alpha value is -1.99. The number of thiocarbonyl (C=S) groups is 1. The predicted molar refractivity (Wildman–Crippen MR) is 98.3 cm³/mol. The second-order valence-electron chi connectivity index (χ2n) is 5.41. The van der Waals surface area contributed by atoms with Crippen LogP contribution in [0.3, 0.4) is 0 Å². The van der Waals surface area contributed by atoms with Crippen LogP contribution in [0.5, 0.6) is 0 Å². The zero-order valence-corrected chi connectivity index (χ0v) is 15.0. The lowest BCUT2D eigenvalue weighted by molar-refractivity contribution is 0.601. The Bertz CT molecular complexity index is 821. The van der Waals surface area contributed by atoms with Crippen LogP contribution >= 0.6 is 12.2 Å². The quantitative estimate of drug-likeness (QED) is 0.791. The highest BCUT2D eigenvalue weighted by atomic mass is 32.2. The van der Waals surface area contributed by atoms with Gasteiger partial charge in [0.05, 0.1) is 10.9 Å². The van der Waals surface area contributed by atoms with E-state index in [1.54, 1.807) is 36.4 Å². The van der Waals surface area contributed by atoms with E-state index in [2.05, 4.69) is 10.6 Å². The van der Waals surface area contributed by atoms with Gasteiger partial charge >= 0.3 is 0 Å². The van der Waals surface area contributed by atoms with E-state index in [1.807, 2.05) is 6.92 Å². The standard InChI is InChI=1S/C17H19FN2O2S2/c1-3-16(12-7-9-15(10-8-12)24(2,21)22)20-17(23)19-14-6-4-5-13(18)11-14/h4-11,16H,3H2,1-2H3,(H2,19,20,23). The van der Waals surface area contributed by atoms with Crippen molar-refractivity contribution in [3.05, 3.63) is 59.9 Å². The van der Waals surface area contributed by atoms with E-state index in [9.17, 15) is 12.8 Å². The van der Waals surface area contributed by atoms with Gasteiger partial charge in [-0.25, -0.2) is 12.8 Å². The minimum atomic E-state index is -3.21. The molecule has 0 fully saturated rings. The first-order chi connectivity index (χ1) is 11.3. The Morgan fingerprint density at radius 1 is 1.21 bits per heavy atom. The molecule has 0 aliphatic carbocycles. The molecule has 0 aromatic heterocycles. The topological polar surface area (TPSA) is 58.2 Å². The average molecular weight is 366 g/mol. The van der Waals surface area contributed by atoms with Crippen molar-refractivity contribution in [1.29, 1.82) is 0 Å². The summed E-state index contributed by atoms with van der Waals surface area (Å²) in [6, 6.07) is 12.7. The van der Waals surface area contributed by atoms with E-state index in [4.69, 9.17) is 12.2 Å². The summed E-state index contributed by atoms with van der Waals surface area (Å²) in [5.41, 5.74) is 1.49. The van der Waals surface area contributed by atoms with Gasteiger partial charge in [0.15, 0.2) is 14.9 Å². The first kappa shape index (κ1) is 18.4. The molecule has 2 rings (SSSR count). The molecule has 0 radical (unpaired) electrons. The van der Waals surface area contributed by atoms with E-state index in [-0.39, 0.29) is 16.8 Å². The van der Waals surface area contributed by atoms with Crippen LogP contribution in [0.1, 0.15) is 24.9 Å². The SMILES string of the molecule is CCC(NC(=S)Nc1cccc(F)c1)c1ccc(S(C)(=O)=O)cc1. The first-order valence-corrected chi connectivity index (χ1v) is 9.72. The number of halogens is 1. The van der Waals surface area contributed by atoms with Gasteiger partial charge in [0.25, 0.3) is 0 Å². The largest absolute Gasteiger partial charge is 0.356 e. The molecule has 2 aromatic rings. The zero-order chi connectivity index (χ0) is 17.7. The number of sulfone groups is 1. The minimum absolute atomic E-state index is 0.0767. The molecule has 0 aliphatic rings. The highest BCUT2D eigenvalue weighted by molar-refractivity contribution is 7.90. The van der Waals surface area contributed by atoms with Gasteiger partial charge in [-0.05, 0) is 54.5 Å². The van der Waals surface area contributed by atoms with Crippen molar-refractivity contribution < 1.29 is 12.8 Å². The van der Waals surface area contributed by atoms with E-state index in [0.717, 1.165) is 12.0 Å². The van der Waals surface area contributed by atoms with Crippen LogP contribution < -0.4 is 10.6 Å². The summed E-state index contributed by atoms with van der Waals surface area (Å²) in [5, 5.41) is 6.47. The Kier molecular flexibility index (Phi) is 5.90. The third-order valence-corrected chi connectivity index (χ3v) is 4.86. The number of anilines is 1. The van der Waals surface area contributed by atoms with Gasteiger partial charge < -0.3 is 10.6 Å². The molecule has 7 heteroatoms. The highest BCUT2D eigenvalue weighted by Crippen LogP contribution is 2.19. The number of rotatable bonds is 5. The summed E-state index contributed by atoms with van der Waals surface area (Å²) in [4.78, 5) is 0.279. The molecule has 0 amide bonds. The molecule has 128 valence electrons. The van der Waals surface area contributed by atoms with Crippen LogP contribution in [0.4, 0.5) is 10.1 Å². The fourth-order valence-corrected chi connectivity index (χ4v) is 3.15. The van der Waals surface area contributed by atoms with E-state index < -0.39 is 9.84 Å². The maximum Gasteiger partial charge on any atom is 0.175 e. The predicted octanol–water partition coefficient (Wildman–Crippen LogP) is 3.67. The molecule has 24 heavy (non-hydrogen) atoms. The third kappa shape index (κ3) is 5.01. The smallest absolute Gasteiger partial charge is 0.175 e. The summed E-state index contributed by atoms with van der Waals surface area (Å²) < 4.78 is 36.2. The van der Waals surface area contributed by atoms with Crippen molar-refractivity contribution >= 4 is 32.9 Å². The maximum atomic E-state index is 13.2. The van der Waals surface area contributed by atoms with Crippen LogP contribution in [0.2, 0.25) is 0 Å².